The van der Waals surface area contributed by atoms with Crippen LogP contribution in [0.15, 0.2) is 36.4 Å². The van der Waals surface area contributed by atoms with Gasteiger partial charge in [0.25, 0.3) is 5.91 Å². The average Bonchev–Trinajstić information content (AvgIpc) is 3.50. The van der Waals surface area contributed by atoms with Gasteiger partial charge in [-0.05, 0) is 72.7 Å². The zero-order valence-corrected chi connectivity index (χ0v) is 27.4. The van der Waals surface area contributed by atoms with E-state index < -0.39 is 35.2 Å². The van der Waals surface area contributed by atoms with E-state index in [0.29, 0.717) is 70.7 Å². The minimum Gasteiger partial charge on any atom is -0.493 e. The number of Topliss-reactive ketones (excluding diaryl/α,β-unsaturated/α-hetero) is 1. The van der Waals surface area contributed by atoms with E-state index in [4.69, 9.17) is 42.1 Å². The first kappa shape index (κ1) is 34.3. The first-order valence-electron chi connectivity index (χ1n) is 14.5. The lowest BCUT2D eigenvalue weighted by atomic mass is 9.84. The van der Waals surface area contributed by atoms with Crippen LogP contribution in [0.25, 0.3) is 5.57 Å². The van der Waals surface area contributed by atoms with Crippen molar-refractivity contribution in [3.63, 3.8) is 0 Å². The Morgan fingerprint density at radius 3 is 2.16 bits per heavy atom. The predicted molar refractivity (Wildman–Crippen MR) is 168 cm³/mol. The molecule has 2 atom stereocenters. The molecule has 0 spiro atoms. The van der Waals surface area contributed by atoms with E-state index in [1.54, 1.807) is 38.1 Å². The van der Waals surface area contributed by atoms with Crippen LogP contribution in [0.3, 0.4) is 0 Å². The molecule has 2 aromatic rings. The lowest BCUT2D eigenvalue weighted by Crippen LogP contribution is -2.48. The predicted octanol–water partition coefficient (Wildman–Crippen LogP) is 7.16. The van der Waals surface area contributed by atoms with Gasteiger partial charge in [0.1, 0.15) is 12.1 Å². The van der Waals surface area contributed by atoms with Crippen molar-refractivity contribution in [3.05, 3.63) is 57.6 Å². The number of carbonyl (C=O) groups is 3. The van der Waals surface area contributed by atoms with E-state index in [1.807, 2.05) is 26.0 Å². The Morgan fingerprint density at radius 1 is 0.977 bits per heavy atom. The number of halogens is 2. The van der Waals surface area contributed by atoms with Gasteiger partial charge in [-0.2, -0.15) is 0 Å². The van der Waals surface area contributed by atoms with Crippen molar-refractivity contribution in [2.24, 2.45) is 5.41 Å². The highest BCUT2D eigenvalue weighted by Crippen LogP contribution is 2.42. The van der Waals surface area contributed by atoms with Gasteiger partial charge >= 0.3 is 5.97 Å². The Morgan fingerprint density at radius 2 is 1.63 bits per heavy atom. The Labute approximate surface area is 264 Å². The van der Waals surface area contributed by atoms with Crippen LogP contribution >= 0.6 is 23.2 Å². The first-order chi connectivity index (χ1) is 20.4. The lowest BCUT2D eigenvalue weighted by molar-refractivity contribution is -0.159. The molecule has 2 aromatic carbocycles. The Bertz CT molecular complexity index is 1350. The number of methoxy groups -OCH3 is 3. The molecular weight excluding hydrogens is 593 g/mol. The quantitative estimate of drug-likeness (QED) is 0.171. The smallest absolute Gasteiger partial charge is 0.329 e. The summed E-state index contributed by atoms with van der Waals surface area (Å²) in [4.78, 5) is 41.0. The molecule has 10 heteroatoms. The maximum absolute atomic E-state index is 13.6. The summed E-state index contributed by atoms with van der Waals surface area (Å²) in [7, 11) is 4.60. The number of rotatable bonds is 13. The number of nitrogens with zero attached hydrogens (tertiary/aromatic N) is 1. The molecule has 1 aliphatic heterocycles. The second-order valence-electron chi connectivity index (χ2n) is 11.1. The molecule has 8 nitrogen and oxygen atoms in total. The third kappa shape index (κ3) is 7.84. The molecule has 1 fully saturated rings. The maximum atomic E-state index is 13.6. The minimum atomic E-state index is -0.827. The SMILES string of the molecule is CCCC(C=C(c1ccc(Cl)c(Cl)c1)c1cc(OC)c(OC)c(OC)c1)OC(=O)[C@@H]1CCCN1C(=O)C(=O)C(C)(C)CC. The van der Waals surface area contributed by atoms with Gasteiger partial charge in [0, 0.05) is 12.0 Å². The van der Waals surface area contributed by atoms with E-state index in [0.717, 1.165) is 12.0 Å². The minimum absolute atomic E-state index is 0.332. The monoisotopic (exact) mass is 633 g/mol. The number of hydrogen-bond acceptors (Lipinski definition) is 7. The van der Waals surface area contributed by atoms with E-state index in [1.165, 1.54) is 26.2 Å². The van der Waals surface area contributed by atoms with Crippen molar-refractivity contribution >= 4 is 46.4 Å². The lowest BCUT2D eigenvalue weighted by Gasteiger charge is -2.28. The summed E-state index contributed by atoms with van der Waals surface area (Å²) >= 11 is 12.6. The molecule has 0 bridgehead atoms. The summed E-state index contributed by atoms with van der Waals surface area (Å²) in [5.74, 6) is -0.336. The molecule has 0 aliphatic carbocycles. The maximum Gasteiger partial charge on any atom is 0.329 e. The third-order valence-corrected chi connectivity index (χ3v) is 8.62. The van der Waals surface area contributed by atoms with Crippen LogP contribution in [0.1, 0.15) is 70.9 Å². The van der Waals surface area contributed by atoms with Crippen LogP contribution in [0, 0.1) is 5.41 Å². The Hall–Kier alpha value is -3.23. The summed E-state index contributed by atoms with van der Waals surface area (Å²) in [6.07, 6.45) is 4.00. The number of benzene rings is 2. The molecule has 0 saturated carbocycles. The fraction of sp³-hybridized carbons (Fsp3) is 0.485. The second-order valence-corrected chi connectivity index (χ2v) is 11.9. The van der Waals surface area contributed by atoms with Crippen LogP contribution in [0.5, 0.6) is 17.2 Å². The normalized spacial score (nSPS) is 16.1. The summed E-state index contributed by atoms with van der Waals surface area (Å²) in [6, 6.07) is 8.04. The molecule has 1 aliphatic rings. The molecule has 1 saturated heterocycles. The summed E-state index contributed by atoms with van der Waals surface area (Å²) in [5.41, 5.74) is 1.32. The average molecular weight is 635 g/mol. The first-order valence-corrected chi connectivity index (χ1v) is 15.2. The largest absolute Gasteiger partial charge is 0.493 e. The van der Waals surface area contributed by atoms with Crippen molar-refractivity contribution in [2.75, 3.05) is 27.9 Å². The molecule has 1 heterocycles. The molecule has 0 aromatic heterocycles. The van der Waals surface area contributed by atoms with Crippen LogP contribution in [0.2, 0.25) is 10.0 Å². The van der Waals surface area contributed by atoms with Gasteiger partial charge in [0.05, 0.1) is 31.4 Å². The molecule has 3 rings (SSSR count). The third-order valence-electron chi connectivity index (χ3n) is 7.88. The number of ether oxygens (including phenoxy) is 4. The van der Waals surface area contributed by atoms with E-state index in [-0.39, 0.29) is 0 Å². The number of amides is 1. The molecule has 0 N–H and O–H groups in total. The fourth-order valence-electron chi connectivity index (χ4n) is 4.97. The molecule has 43 heavy (non-hydrogen) atoms. The van der Waals surface area contributed by atoms with Crippen LogP contribution < -0.4 is 14.2 Å². The van der Waals surface area contributed by atoms with Gasteiger partial charge in [-0.25, -0.2) is 4.79 Å². The van der Waals surface area contributed by atoms with E-state index in [9.17, 15) is 14.4 Å². The highest BCUT2D eigenvalue weighted by atomic mass is 35.5. The number of likely N-dealkylation sites (tertiary alicyclic amines) is 1. The molecule has 1 amide bonds. The van der Waals surface area contributed by atoms with Gasteiger partial charge in [-0.15, -0.1) is 0 Å². The van der Waals surface area contributed by atoms with Gasteiger partial charge < -0.3 is 23.8 Å². The zero-order valence-electron chi connectivity index (χ0n) is 25.9. The number of ketones is 1. The molecule has 234 valence electrons. The molecule has 0 radical (unpaired) electrons. The molecular formula is C33H41Cl2NO7. The van der Waals surface area contributed by atoms with Crippen molar-refractivity contribution in [3.8, 4) is 17.2 Å². The summed E-state index contributed by atoms with van der Waals surface area (Å²) < 4.78 is 22.7. The highest BCUT2D eigenvalue weighted by Gasteiger charge is 2.42. The van der Waals surface area contributed by atoms with Gasteiger partial charge in [-0.3, -0.25) is 9.59 Å². The summed E-state index contributed by atoms with van der Waals surface area (Å²) in [5, 5.41) is 0.763. The Kier molecular flexibility index (Phi) is 11.9. The van der Waals surface area contributed by atoms with Crippen molar-refractivity contribution < 1.29 is 33.3 Å². The van der Waals surface area contributed by atoms with Crippen molar-refractivity contribution in [1.82, 2.24) is 4.90 Å². The second kappa shape index (κ2) is 15.0. The van der Waals surface area contributed by atoms with Crippen LogP contribution in [-0.4, -0.2) is 62.6 Å². The van der Waals surface area contributed by atoms with Crippen LogP contribution in [0.4, 0.5) is 0 Å². The standard InChI is InChI=1S/C33H41Cl2NO7/c1-8-11-22(43-32(39)26-12-10-15-36(26)31(38)30(37)33(3,4)9-2)19-23(20-13-14-24(34)25(35)16-20)21-17-27(40-5)29(42-7)28(18-21)41-6/h13-14,16-19,22,26H,8-12,15H2,1-7H3/t22?,26-/m0/s1. The van der Waals surface area contributed by atoms with Crippen molar-refractivity contribution in [1.29, 1.82) is 0 Å². The van der Waals surface area contributed by atoms with Gasteiger partial charge in [0.2, 0.25) is 11.5 Å². The van der Waals surface area contributed by atoms with Crippen molar-refractivity contribution in [2.45, 2.75) is 71.9 Å². The van der Waals surface area contributed by atoms with E-state index in [2.05, 4.69) is 0 Å². The highest BCUT2D eigenvalue weighted by molar-refractivity contribution is 6.42. The fourth-order valence-corrected chi connectivity index (χ4v) is 5.27. The summed E-state index contributed by atoms with van der Waals surface area (Å²) in [6.45, 7) is 7.67. The Balaban J connectivity index is 2.05. The zero-order chi connectivity index (χ0) is 31.9. The van der Waals surface area contributed by atoms with Gasteiger partial charge in [-0.1, -0.05) is 63.4 Å². The van der Waals surface area contributed by atoms with E-state index >= 15 is 0 Å². The number of esters is 1. The number of hydrogen-bond donors (Lipinski definition) is 0. The van der Waals surface area contributed by atoms with Crippen LogP contribution in [-0.2, 0) is 19.1 Å². The van der Waals surface area contributed by atoms with Gasteiger partial charge in [0.15, 0.2) is 11.5 Å². The topological polar surface area (TPSA) is 91.4 Å². The number of carbonyl (C=O) groups excluding carboxylic acids is 3. The molecule has 1 unspecified atom stereocenters.